The summed E-state index contributed by atoms with van der Waals surface area (Å²) in [6.45, 7) is 3.36. The zero-order chi connectivity index (χ0) is 37.6. The lowest BCUT2D eigenvalue weighted by Crippen LogP contribution is -2.32. The number of carbonyl (C=O) groups excluding carboxylic acids is 2. The summed E-state index contributed by atoms with van der Waals surface area (Å²) in [5.41, 5.74) is -0.367. The summed E-state index contributed by atoms with van der Waals surface area (Å²) >= 11 is 0. The molecule has 0 saturated heterocycles. The topological polar surface area (TPSA) is 225 Å². The van der Waals surface area contributed by atoms with Crippen LogP contribution in [0.2, 0.25) is 0 Å². The van der Waals surface area contributed by atoms with Gasteiger partial charge in [0.15, 0.2) is 11.6 Å². The lowest BCUT2D eigenvalue weighted by molar-refractivity contribution is 0.0687. The van der Waals surface area contributed by atoms with Crippen LogP contribution in [-0.2, 0) is 0 Å². The maximum Gasteiger partial charge on any atom is 0.174 e. The van der Waals surface area contributed by atoms with E-state index in [1.165, 1.54) is 36.4 Å². The van der Waals surface area contributed by atoms with Crippen LogP contribution in [-0.4, -0.2) is 63.1 Å². The summed E-state index contributed by atoms with van der Waals surface area (Å²) < 4.78 is 6.01. The minimum absolute atomic E-state index is 0.176. The number of ether oxygens (including phenoxy) is 1. The van der Waals surface area contributed by atoms with Crippen molar-refractivity contribution >= 4 is 11.6 Å². The van der Waals surface area contributed by atoms with Gasteiger partial charge in [-0.05, 0) is 75.4 Å². The predicted molar refractivity (Wildman–Crippen MR) is 188 cm³/mol. The van der Waals surface area contributed by atoms with Crippen LogP contribution >= 0.6 is 0 Å². The van der Waals surface area contributed by atoms with Crippen molar-refractivity contribution in [3.63, 3.8) is 0 Å². The average Bonchev–Trinajstić information content (AvgIpc) is 3.03. The van der Waals surface area contributed by atoms with Crippen LogP contribution in [0.5, 0.6) is 51.7 Å². The molecule has 0 amide bonds. The van der Waals surface area contributed by atoms with Crippen LogP contribution in [0.15, 0.2) is 72.3 Å². The number of Topliss-reactive ketones (excluding diaryl/α,β-unsaturated/α-hetero) is 2. The highest BCUT2D eigenvalue weighted by Crippen LogP contribution is 2.56. The van der Waals surface area contributed by atoms with Gasteiger partial charge in [-0.2, -0.15) is 0 Å². The molecule has 52 heavy (non-hydrogen) atoms. The first kappa shape index (κ1) is 35.9. The molecule has 272 valence electrons. The van der Waals surface area contributed by atoms with Crippen molar-refractivity contribution in [1.29, 1.82) is 0 Å². The smallest absolute Gasteiger partial charge is 0.174 e. The normalized spacial score (nSPS) is 20.1. The second-order valence-corrected chi connectivity index (χ2v) is 14.2. The molecule has 0 bridgehead atoms. The number of phenols is 8. The van der Waals surface area contributed by atoms with E-state index in [-0.39, 0.29) is 75.2 Å². The van der Waals surface area contributed by atoms with E-state index in [9.17, 15) is 55.5 Å². The molecule has 2 aliphatic rings. The summed E-state index contributed by atoms with van der Waals surface area (Å²) in [7, 11) is 0. The van der Waals surface area contributed by atoms with E-state index in [2.05, 4.69) is 0 Å². The van der Waals surface area contributed by atoms with E-state index >= 15 is 0 Å². The Morgan fingerprint density at radius 3 is 1.96 bits per heavy atom. The van der Waals surface area contributed by atoms with Gasteiger partial charge in [0.1, 0.15) is 63.4 Å². The fourth-order valence-electron chi connectivity index (χ4n) is 7.47. The number of aromatic hydroxyl groups is 8. The van der Waals surface area contributed by atoms with Gasteiger partial charge >= 0.3 is 0 Å². The molecule has 0 fully saturated rings. The van der Waals surface area contributed by atoms with Gasteiger partial charge in [-0.15, -0.1) is 0 Å². The molecule has 4 atom stereocenters. The largest absolute Gasteiger partial charge is 0.508 e. The maximum atomic E-state index is 14.6. The van der Waals surface area contributed by atoms with E-state index in [0.29, 0.717) is 19.3 Å². The van der Waals surface area contributed by atoms with Gasteiger partial charge in [-0.3, -0.25) is 9.59 Å². The SMILES string of the molecule is CC(C)(O)CCCC1=C[C@H](c2c(O)cc3c(c2O)C(=O)C[C@@H](c2ccc(O)cc2O)O3)[C@@H](C(=O)c2ccc(O)cc2O)[C@H](c2ccc(O)cc2O)C1. The molecule has 6 rings (SSSR count). The highest BCUT2D eigenvalue weighted by molar-refractivity contribution is 6.04. The van der Waals surface area contributed by atoms with Gasteiger partial charge in [-0.25, -0.2) is 0 Å². The Labute approximate surface area is 298 Å². The number of carbonyl (C=O) groups is 2. The molecule has 0 spiro atoms. The molecular weight excluding hydrogens is 672 g/mol. The van der Waals surface area contributed by atoms with E-state index in [4.69, 9.17) is 4.74 Å². The van der Waals surface area contributed by atoms with Gasteiger partial charge in [0, 0.05) is 53.1 Å². The molecule has 0 aromatic heterocycles. The minimum atomic E-state index is -1.24. The number of aliphatic hydroxyl groups is 1. The van der Waals surface area contributed by atoms with Crippen molar-refractivity contribution < 1.29 is 60.3 Å². The van der Waals surface area contributed by atoms with E-state index in [1.54, 1.807) is 19.9 Å². The lowest BCUT2D eigenvalue weighted by Gasteiger charge is -2.38. The molecule has 1 aliphatic carbocycles. The van der Waals surface area contributed by atoms with Crippen molar-refractivity contribution in [2.75, 3.05) is 0 Å². The fourth-order valence-corrected chi connectivity index (χ4v) is 7.47. The number of hydrogen-bond donors (Lipinski definition) is 9. The second kappa shape index (κ2) is 13.7. The first-order valence-corrected chi connectivity index (χ1v) is 16.8. The maximum absolute atomic E-state index is 14.6. The van der Waals surface area contributed by atoms with Crippen LogP contribution < -0.4 is 4.74 Å². The molecular formula is C40H40O12. The summed E-state index contributed by atoms with van der Waals surface area (Å²) in [5, 5.41) is 96.0. The third kappa shape index (κ3) is 7.02. The van der Waals surface area contributed by atoms with Crippen LogP contribution in [0.3, 0.4) is 0 Å². The summed E-state index contributed by atoms with van der Waals surface area (Å²) in [6, 6.07) is 12.4. The Kier molecular flexibility index (Phi) is 9.45. The summed E-state index contributed by atoms with van der Waals surface area (Å²) in [5.74, 6) is -7.75. The zero-order valence-electron chi connectivity index (χ0n) is 28.4. The lowest BCUT2D eigenvalue weighted by atomic mass is 9.64. The molecule has 4 aromatic carbocycles. The van der Waals surface area contributed by atoms with Crippen LogP contribution in [0.1, 0.15) is 101 Å². The molecule has 1 heterocycles. The first-order valence-electron chi connectivity index (χ1n) is 16.8. The van der Waals surface area contributed by atoms with Crippen LogP contribution in [0.25, 0.3) is 0 Å². The number of rotatable bonds is 9. The van der Waals surface area contributed by atoms with Gasteiger partial charge in [-0.1, -0.05) is 17.7 Å². The van der Waals surface area contributed by atoms with Crippen LogP contribution in [0.4, 0.5) is 0 Å². The molecule has 0 radical (unpaired) electrons. The molecule has 9 N–H and O–H groups in total. The molecule has 0 saturated carbocycles. The van der Waals surface area contributed by atoms with Gasteiger partial charge in [0.25, 0.3) is 0 Å². The quantitative estimate of drug-likeness (QED) is 0.0655. The molecule has 12 nitrogen and oxygen atoms in total. The molecule has 12 heteroatoms. The second-order valence-electron chi connectivity index (χ2n) is 14.2. The van der Waals surface area contributed by atoms with Crippen molar-refractivity contribution in [2.45, 2.75) is 69.5 Å². The number of phenolic OH excluding ortho intramolecular Hbond substituents is 8. The summed E-state index contributed by atoms with van der Waals surface area (Å²) in [6.07, 6.45) is 1.94. The van der Waals surface area contributed by atoms with Crippen LogP contribution in [0, 0.1) is 5.92 Å². The number of hydrogen-bond acceptors (Lipinski definition) is 12. The van der Waals surface area contributed by atoms with Crippen molar-refractivity contribution in [1.82, 2.24) is 0 Å². The number of allylic oxidation sites excluding steroid dienone is 2. The third-order valence-corrected chi connectivity index (χ3v) is 9.86. The Morgan fingerprint density at radius 2 is 1.37 bits per heavy atom. The first-order chi connectivity index (χ1) is 24.5. The minimum Gasteiger partial charge on any atom is -0.508 e. The van der Waals surface area contributed by atoms with Crippen molar-refractivity contribution in [3.05, 3.63) is 100 Å². The van der Waals surface area contributed by atoms with E-state index < -0.39 is 58.3 Å². The summed E-state index contributed by atoms with van der Waals surface area (Å²) in [4.78, 5) is 28.3. The molecule has 1 aliphatic heterocycles. The third-order valence-electron chi connectivity index (χ3n) is 9.86. The Hall–Kier alpha value is -5.88. The number of ketones is 2. The molecule has 4 aromatic rings. The standard InChI is InChI=1S/C40H40O12/c1-40(2,51)11-3-4-19-12-26(23-8-5-20(41)14-28(23)44)35(38(49)25-10-7-22(43)16-30(25)46)27(13-19)36-31(47)18-34-37(39(36)50)32(48)17-33(52-34)24-9-6-21(42)15-29(24)45/h5-10,13-16,18,26-27,33,35,41-47,50-51H,3-4,11-12,17H2,1-2H3/t26-,27-,33-,35-/m0/s1. The highest BCUT2D eigenvalue weighted by Gasteiger charge is 2.45. The Bertz CT molecular complexity index is 2090. The number of fused-ring (bicyclic) bond motifs is 1. The van der Waals surface area contributed by atoms with Crippen molar-refractivity contribution in [3.8, 4) is 51.7 Å². The van der Waals surface area contributed by atoms with Crippen molar-refractivity contribution in [2.24, 2.45) is 5.92 Å². The van der Waals surface area contributed by atoms with Gasteiger partial charge in [0.2, 0.25) is 0 Å². The average molecular weight is 713 g/mol. The monoisotopic (exact) mass is 712 g/mol. The van der Waals surface area contributed by atoms with Gasteiger partial charge in [0.05, 0.1) is 17.6 Å². The van der Waals surface area contributed by atoms with E-state index in [1.807, 2.05) is 0 Å². The molecule has 0 unspecified atom stereocenters. The highest BCUT2D eigenvalue weighted by atomic mass is 16.5. The Balaban J connectivity index is 1.52. The predicted octanol–water partition coefficient (Wildman–Crippen LogP) is 6.68. The fraction of sp³-hybridized carbons (Fsp3) is 0.300. The number of benzene rings is 4. The van der Waals surface area contributed by atoms with E-state index in [0.717, 1.165) is 29.8 Å². The zero-order valence-corrected chi connectivity index (χ0v) is 28.4. The Morgan fingerprint density at radius 1 is 0.769 bits per heavy atom. The van der Waals surface area contributed by atoms with Gasteiger partial charge < -0.3 is 50.7 Å².